The van der Waals surface area contributed by atoms with Crippen molar-refractivity contribution < 1.29 is 9.53 Å². The molecule has 3 heteroatoms. The van der Waals surface area contributed by atoms with Crippen LogP contribution < -0.4 is 5.32 Å². The lowest BCUT2D eigenvalue weighted by molar-refractivity contribution is -0.148. The molecule has 1 N–H and O–H groups in total. The topological polar surface area (TPSA) is 38.3 Å². The zero-order valence-electron chi connectivity index (χ0n) is 12.2. The highest BCUT2D eigenvalue weighted by atomic mass is 16.5. The largest absolute Gasteiger partial charge is 0.461 e. The summed E-state index contributed by atoms with van der Waals surface area (Å²) in [5, 5.41) is 3.31. The van der Waals surface area contributed by atoms with Crippen LogP contribution >= 0.6 is 0 Å². The standard InChI is InChI=1S/C16H25NO2/c1-4-6-16(18)19-13(3)11-17-12-15-9-7-14(5-2)8-10-15/h7-10,13,17H,4-6,11-12H2,1-3H3. The molecule has 106 valence electrons. The molecule has 0 heterocycles. The van der Waals surface area contributed by atoms with Crippen LogP contribution in [0.4, 0.5) is 0 Å². The lowest BCUT2D eigenvalue weighted by Gasteiger charge is -2.14. The van der Waals surface area contributed by atoms with Gasteiger partial charge in [0.25, 0.3) is 0 Å². The van der Waals surface area contributed by atoms with Gasteiger partial charge < -0.3 is 10.1 Å². The summed E-state index contributed by atoms with van der Waals surface area (Å²) < 4.78 is 5.26. The van der Waals surface area contributed by atoms with Gasteiger partial charge >= 0.3 is 5.97 Å². The minimum Gasteiger partial charge on any atom is -0.461 e. The second-order valence-electron chi connectivity index (χ2n) is 4.85. The Kier molecular flexibility index (Phi) is 7.19. The number of aryl methyl sites for hydroxylation is 1. The smallest absolute Gasteiger partial charge is 0.306 e. The quantitative estimate of drug-likeness (QED) is 0.733. The molecular formula is C16H25NO2. The minimum absolute atomic E-state index is 0.0750. The van der Waals surface area contributed by atoms with Gasteiger partial charge in [0.15, 0.2) is 0 Å². The van der Waals surface area contributed by atoms with Crippen LogP contribution in [0.15, 0.2) is 24.3 Å². The van der Waals surface area contributed by atoms with Crippen molar-refractivity contribution in [2.45, 2.75) is 52.7 Å². The van der Waals surface area contributed by atoms with E-state index in [9.17, 15) is 4.79 Å². The Balaban J connectivity index is 2.23. The summed E-state index contributed by atoms with van der Waals surface area (Å²) in [4.78, 5) is 11.3. The van der Waals surface area contributed by atoms with E-state index in [1.807, 2.05) is 13.8 Å². The first-order chi connectivity index (χ1) is 9.15. The number of hydrogen-bond donors (Lipinski definition) is 1. The maximum atomic E-state index is 11.3. The Morgan fingerprint density at radius 2 is 1.84 bits per heavy atom. The normalized spacial score (nSPS) is 12.2. The molecule has 0 fully saturated rings. The fourth-order valence-electron chi connectivity index (χ4n) is 1.84. The summed E-state index contributed by atoms with van der Waals surface area (Å²) in [6.07, 6.45) is 2.33. The van der Waals surface area contributed by atoms with E-state index in [1.54, 1.807) is 0 Å². The Hall–Kier alpha value is -1.35. The van der Waals surface area contributed by atoms with E-state index in [1.165, 1.54) is 11.1 Å². The van der Waals surface area contributed by atoms with E-state index in [-0.39, 0.29) is 12.1 Å². The van der Waals surface area contributed by atoms with Crippen molar-refractivity contribution in [1.82, 2.24) is 5.32 Å². The summed E-state index contributed by atoms with van der Waals surface area (Å²) in [5.41, 5.74) is 2.61. The number of benzene rings is 1. The molecule has 0 aliphatic heterocycles. The van der Waals surface area contributed by atoms with E-state index >= 15 is 0 Å². The van der Waals surface area contributed by atoms with Crippen molar-refractivity contribution in [2.75, 3.05) is 6.54 Å². The maximum Gasteiger partial charge on any atom is 0.306 e. The molecule has 0 radical (unpaired) electrons. The van der Waals surface area contributed by atoms with Crippen LogP contribution in [0.3, 0.4) is 0 Å². The lowest BCUT2D eigenvalue weighted by atomic mass is 10.1. The van der Waals surface area contributed by atoms with Gasteiger partial charge in [0.05, 0.1) is 0 Å². The Morgan fingerprint density at radius 3 is 2.42 bits per heavy atom. The average Bonchev–Trinajstić information content (AvgIpc) is 2.39. The number of esters is 1. The Morgan fingerprint density at radius 1 is 1.21 bits per heavy atom. The molecule has 0 spiro atoms. The molecule has 0 aliphatic carbocycles. The first-order valence-corrected chi connectivity index (χ1v) is 7.13. The molecule has 1 atom stereocenters. The molecule has 0 bridgehead atoms. The van der Waals surface area contributed by atoms with Crippen molar-refractivity contribution in [3.63, 3.8) is 0 Å². The summed E-state index contributed by atoms with van der Waals surface area (Å²) >= 11 is 0. The van der Waals surface area contributed by atoms with Crippen molar-refractivity contribution in [2.24, 2.45) is 0 Å². The minimum atomic E-state index is -0.107. The highest BCUT2D eigenvalue weighted by molar-refractivity contribution is 5.69. The molecule has 0 aromatic heterocycles. The number of hydrogen-bond acceptors (Lipinski definition) is 3. The summed E-state index contributed by atoms with van der Waals surface area (Å²) in [6.45, 7) is 7.54. The zero-order valence-corrected chi connectivity index (χ0v) is 12.2. The van der Waals surface area contributed by atoms with Crippen LogP contribution in [-0.2, 0) is 22.5 Å². The van der Waals surface area contributed by atoms with Crippen molar-refractivity contribution in [1.29, 1.82) is 0 Å². The van der Waals surface area contributed by atoms with Gasteiger partial charge in [0, 0.05) is 19.5 Å². The summed E-state index contributed by atoms with van der Waals surface area (Å²) in [7, 11) is 0. The third-order valence-electron chi connectivity index (χ3n) is 2.98. The van der Waals surface area contributed by atoms with E-state index in [4.69, 9.17) is 4.74 Å². The highest BCUT2D eigenvalue weighted by Crippen LogP contribution is 2.05. The molecule has 1 rings (SSSR count). The average molecular weight is 263 g/mol. The van der Waals surface area contributed by atoms with Gasteiger partial charge in [-0.15, -0.1) is 0 Å². The maximum absolute atomic E-state index is 11.3. The SMILES string of the molecule is CCCC(=O)OC(C)CNCc1ccc(CC)cc1. The number of ether oxygens (including phenoxy) is 1. The number of rotatable bonds is 8. The van der Waals surface area contributed by atoms with Crippen LogP contribution in [0, 0.1) is 0 Å². The fourth-order valence-corrected chi connectivity index (χ4v) is 1.84. The van der Waals surface area contributed by atoms with E-state index in [0.717, 1.165) is 19.4 Å². The Labute approximate surface area is 116 Å². The van der Waals surface area contributed by atoms with Crippen molar-refractivity contribution in [3.05, 3.63) is 35.4 Å². The van der Waals surface area contributed by atoms with Crippen LogP contribution in [-0.4, -0.2) is 18.6 Å². The van der Waals surface area contributed by atoms with Crippen LogP contribution in [0.25, 0.3) is 0 Å². The van der Waals surface area contributed by atoms with Crippen LogP contribution in [0.2, 0.25) is 0 Å². The molecule has 0 saturated heterocycles. The van der Waals surface area contributed by atoms with Gasteiger partial charge in [-0.25, -0.2) is 0 Å². The van der Waals surface area contributed by atoms with Crippen molar-refractivity contribution in [3.8, 4) is 0 Å². The molecule has 1 aromatic rings. The first kappa shape index (κ1) is 15.7. The second-order valence-corrected chi connectivity index (χ2v) is 4.85. The third kappa shape index (κ3) is 6.39. The van der Waals surface area contributed by atoms with Gasteiger partial charge in [0.1, 0.15) is 6.10 Å². The van der Waals surface area contributed by atoms with Gasteiger partial charge in [-0.05, 0) is 30.9 Å². The molecule has 3 nitrogen and oxygen atoms in total. The van der Waals surface area contributed by atoms with E-state index < -0.39 is 0 Å². The predicted octanol–water partition coefficient (Wildman–Crippen LogP) is 3.07. The second kappa shape index (κ2) is 8.70. The lowest BCUT2D eigenvalue weighted by Crippen LogP contribution is -2.28. The highest BCUT2D eigenvalue weighted by Gasteiger charge is 2.07. The molecule has 0 amide bonds. The predicted molar refractivity (Wildman–Crippen MR) is 78.0 cm³/mol. The van der Waals surface area contributed by atoms with Crippen LogP contribution in [0.5, 0.6) is 0 Å². The molecule has 0 saturated carbocycles. The first-order valence-electron chi connectivity index (χ1n) is 7.13. The molecule has 1 unspecified atom stereocenters. The molecule has 1 aromatic carbocycles. The van der Waals surface area contributed by atoms with Gasteiger partial charge in [-0.1, -0.05) is 38.1 Å². The third-order valence-corrected chi connectivity index (χ3v) is 2.98. The molecule has 0 aliphatic rings. The van der Waals surface area contributed by atoms with E-state index in [0.29, 0.717) is 13.0 Å². The van der Waals surface area contributed by atoms with Gasteiger partial charge in [-0.3, -0.25) is 4.79 Å². The van der Waals surface area contributed by atoms with Gasteiger partial charge in [-0.2, -0.15) is 0 Å². The van der Waals surface area contributed by atoms with Crippen LogP contribution in [0.1, 0.15) is 44.7 Å². The number of nitrogens with one attached hydrogen (secondary N) is 1. The number of carbonyl (C=O) groups is 1. The fraction of sp³-hybridized carbons (Fsp3) is 0.562. The monoisotopic (exact) mass is 263 g/mol. The molecule has 19 heavy (non-hydrogen) atoms. The van der Waals surface area contributed by atoms with Gasteiger partial charge in [0.2, 0.25) is 0 Å². The van der Waals surface area contributed by atoms with Crippen molar-refractivity contribution >= 4 is 5.97 Å². The summed E-state index contributed by atoms with van der Waals surface area (Å²) in [5.74, 6) is -0.107. The van der Waals surface area contributed by atoms with E-state index in [2.05, 4.69) is 36.5 Å². The number of carbonyl (C=O) groups excluding carboxylic acids is 1. The zero-order chi connectivity index (χ0) is 14.1. The molecular weight excluding hydrogens is 238 g/mol. The summed E-state index contributed by atoms with van der Waals surface area (Å²) in [6, 6.07) is 8.59. The Bertz CT molecular complexity index is 373.